The molecule has 0 aromatic heterocycles. The second-order valence-electron chi connectivity index (χ2n) is 7.04. The van der Waals surface area contributed by atoms with Crippen molar-refractivity contribution in [3.05, 3.63) is 40.7 Å². The molecule has 0 saturated carbocycles. The van der Waals surface area contributed by atoms with Gasteiger partial charge in [-0.1, -0.05) is 85.6 Å². The highest BCUT2D eigenvalue weighted by atomic mass is 17.4. The van der Waals surface area contributed by atoms with Gasteiger partial charge in [-0.25, -0.2) is 9.68 Å². The van der Waals surface area contributed by atoms with Crippen LogP contribution in [0.25, 0.3) is 5.57 Å². The van der Waals surface area contributed by atoms with E-state index in [2.05, 4.69) is 39.0 Å². The van der Waals surface area contributed by atoms with E-state index in [1.165, 1.54) is 46.4 Å². The van der Waals surface area contributed by atoms with Gasteiger partial charge in [-0.15, -0.1) is 0 Å². The lowest BCUT2D eigenvalue weighted by molar-refractivity contribution is -0.534. The van der Waals surface area contributed by atoms with Crippen LogP contribution in [0, 0.1) is 0 Å². The van der Waals surface area contributed by atoms with Crippen molar-refractivity contribution in [2.45, 2.75) is 79.1 Å². The Morgan fingerprint density at radius 3 is 2.03 bits per heavy atom. The minimum absolute atomic E-state index is 0.222. The summed E-state index contributed by atoms with van der Waals surface area (Å²) in [5, 5.41) is 10.2. The molecule has 1 aliphatic rings. The first-order chi connectivity index (χ1) is 15.0. The van der Waals surface area contributed by atoms with Crippen molar-refractivity contribution in [2.24, 2.45) is 0 Å². The summed E-state index contributed by atoms with van der Waals surface area (Å²) in [6.07, 6.45) is 7.79. The first-order valence-corrected chi connectivity index (χ1v) is 11.1. The Labute approximate surface area is 186 Å². The first-order valence-electron chi connectivity index (χ1n) is 11.1. The molecular weight excluding hydrogens is 400 g/mol. The highest BCUT2D eigenvalue weighted by Crippen LogP contribution is 2.36. The molecule has 0 unspecified atom stereocenters. The summed E-state index contributed by atoms with van der Waals surface area (Å²) in [6.45, 7) is 8.21. The molecule has 8 nitrogen and oxygen atoms in total. The first kappa shape index (κ1) is 26.9. The number of carboxylic acids is 1. The summed E-state index contributed by atoms with van der Waals surface area (Å²) in [5.41, 5.74) is 5.03. The molecular formula is C23H38N2O6. The molecule has 0 radical (unpaired) electrons. The topological polar surface area (TPSA) is 80.7 Å². The highest BCUT2D eigenvalue weighted by molar-refractivity contribution is 5.71. The van der Waals surface area contributed by atoms with Crippen LogP contribution in [0.3, 0.4) is 0 Å². The highest BCUT2D eigenvalue weighted by Gasteiger charge is 2.34. The predicted molar refractivity (Wildman–Crippen MR) is 119 cm³/mol. The van der Waals surface area contributed by atoms with E-state index in [0.29, 0.717) is 5.82 Å². The molecule has 0 atom stereocenters. The summed E-state index contributed by atoms with van der Waals surface area (Å²) in [5.74, 6) is -0.112. The van der Waals surface area contributed by atoms with Gasteiger partial charge in [0.05, 0.1) is 14.2 Å². The van der Waals surface area contributed by atoms with Gasteiger partial charge < -0.3 is 5.11 Å². The number of allylic oxidation sites excluding steroid dienone is 1. The van der Waals surface area contributed by atoms with Crippen LogP contribution in [0.2, 0.25) is 0 Å². The van der Waals surface area contributed by atoms with Crippen LogP contribution in [-0.2, 0) is 37.3 Å². The van der Waals surface area contributed by atoms with Crippen LogP contribution >= 0.6 is 0 Å². The number of aliphatic carboxylic acids is 1. The Hall–Kier alpha value is -2.13. The third-order valence-corrected chi connectivity index (χ3v) is 5.03. The number of nitrogens with zero attached hydrogens (tertiary/aromatic N) is 2. The fourth-order valence-electron chi connectivity index (χ4n) is 3.41. The zero-order valence-electron chi connectivity index (χ0n) is 19.8. The maximum absolute atomic E-state index is 9.37. The standard InChI is InChI=1S/C20H32N2O4.C3H6O2/c1-6-9-10-11-14-19(20-21(23-4)25-26-22(20)24-5)18-15-12-13-16(7-2)17(18)8-3;1-2-3(4)5/h12-13,15H,6-11,14H2,1-5H3;2H2,1H3,(H,4,5). The summed E-state index contributed by atoms with van der Waals surface area (Å²) in [7, 11) is 3.08. The number of rotatable bonds is 11. The minimum atomic E-state index is -0.745. The Morgan fingerprint density at radius 1 is 0.968 bits per heavy atom. The van der Waals surface area contributed by atoms with Crippen molar-refractivity contribution in [2.75, 3.05) is 14.2 Å². The van der Waals surface area contributed by atoms with E-state index in [-0.39, 0.29) is 6.42 Å². The van der Waals surface area contributed by atoms with Gasteiger partial charge in [-0.3, -0.25) is 4.79 Å². The maximum atomic E-state index is 9.37. The predicted octanol–water partition coefficient (Wildman–Crippen LogP) is 5.45. The lowest BCUT2D eigenvalue weighted by atomic mass is 9.90. The molecule has 1 aliphatic heterocycles. The zero-order chi connectivity index (χ0) is 23.2. The lowest BCUT2D eigenvalue weighted by Crippen LogP contribution is -2.23. The van der Waals surface area contributed by atoms with E-state index >= 15 is 0 Å². The SMILES string of the molecule is CCC(=O)O.CCCCCCC(=C1N(OC)OON1OC)c1cccc(CC)c1CC. The average Bonchev–Trinajstić information content (AvgIpc) is 3.21. The molecule has 0 bridgehead atoms. The molecule has 1 fully saturated rings. The van der Waals surface area contributed by atoms with Crippen molar-refractivity contribution in [3.63, 3.8) is 0 Å². The van der Waals surface area contributed by atoms with Crippen LogP contribution in [0.15, 0.2) is 24.0 Å². The average molecular weight is 439 g/mol. The summed E-state index contributed by atoms with van der Waals surface area (Å²) >= 11 is 0. The summed E-state index contributed by atoms with van der Waals surface area (Å²) in [6, 6.07) is 6.48. The maximum Gasteiger partial charge on any atom is 0.303 e. The number of aryl methyl sites for hydroxylation is 1. The van der Waals surface area contributed by atoms with Gasteiger partial charge in [0.1, 0.15) is 0 Å². The van der Waals surface area contributed by atoms with Gasteiger partial charge in [-0.05, 0) is 42.4 Å². The van der Waals surface area contributed by atoms with Crippen molar-refractivity contribution in [1.29, 1.82) is 0 Å². The monoisotopic (exact) mass is 438 g/mol. The van der Waals surface area contributed by atoms with Crippen LogP contribution in [0.4, 0.5) is 0 Å². The van der Waals surface area contributed by atoms with E-state index in [9.17, 15) is 4.79 Å². The Kier molecular flexibility index (Phi) is 12.8. The number of unbranched alkanes of at least 4 members (excludes halogenated alkanes) is 3. The third kappa shape index (κ3) is 7.81. The van der Waals surface area contributed by atoms with Crippen molar-refractivity contribution in [3.8, 4) is 0 Å². The van der Waals surface area contributed by atoms with Gasteiger partial charge in [0.15, 0.2) is 0 Å². The zero-order valence-corrected chi connectivity index (χ0v) is 19.8. The molecule has 0 spiro atoms. The fourth-order valence-corrected chi connectivity index (χ4v) is 3.41. The Bertz CT molecular complexity index is 693. The number of carbonyl (C=O) groups is 1. The molecule has 1 saturated heterocycles. The molecule has 0 amide bonds. The largest absolute Gasteiger partial charge is 0.481 e. The van der Waals surface area contributed by atoms with Crippen LogP contribution in [-0.4, -0.2) is 35.7 Å². The van der Waals surface area contributed by atoms with Gasteiger partial charge >= 0.3 is 5.97 Å². The van der Waals surface area contributed by atoms with Crippen LogP contribution < -0.4 is 0 Å². The van der Waals surface area contributed by atoms with Gasteiger partial charge in [-0.2, -0.15) is 0 Å². The van der Waals surface area contributed by atoms with Crippen molar-refractivity contribution in [1.82, 2.24) is 10.5 Å². The molecule has 1 N–H and O–H groups in total. The third-order valence-electron chi connectivity index (χ3n) is 5.03. The van der Waals surface area contributed by atoms with Gasteiger partial charge in [0.2, 0.25) is 5.82 Å². The number of benzene rings is 1. The molecule has 176 valence electrons. The van der Waals surface area contributed by atoms with Crippen LogP contribution in [0.1, 0.15) is 82.9 Å². The Morgan fingerprint density at radius 2 is 1.58 bits per heavy atom. The lowest BCUT2D eigenvalue weighted by Gasteiger charge is -2.21. The molecule has 2 rings (SSSR count). The minimum Gasteiger partial charge on any atom is -0.481 e. The number of hydroxylamine groups is 4. The quantitative estimate of drug-likeness (QED) is 0.361. The number of carboxylic acid groups (broad SMARTS) is 1. The molecule has 1 aromatic rings. The van der Waals surface area contributed by atoms with E-state index < -0.39 is 5.97 Å². The van der Waals surface area contributed by atoms with Crippen molar-refractivity contribution >= 4 is 11.5 Å². The summed E-state index contributed by atoms with van der Waals surface area (Å²) in [4.78, 5) is 30.3. The van der Waals surface area contributed by atoms with E-state index in [0.717, 1.165) is 31.3 Å². The van der Waals surface area contributed by atoms with Crippen molar-refractivity contribution < 1.29 is 29.6 Å². The molecule has 1 heterocycles. The fraction of sp³-hybridized carbons (Fsp3) is 0.609. The molecule has 8 heteroatoms. The van der Waals surface area contributed by atoms with E-state index in [4.69, 9.17) is 24.8 Å². The molecule has 1 aromatic carbocycles. The van der Waals surface area contributed by atoms with E-state index in [1.54, 1.807) is 21.1 Å². The summed E-state index contributed by atoms with van der Waals surface area (Å²) < 4.78 is 0. The van der Waals surface area contributed by atoms with E-state index in [1.807, 2.05) is 0 Å². The second-order valence-corrected chi connectivity index (χ2v) is 7.04. The number of hydrogen-bond donors (Lipinski definition) is 1. The normalized spacial score (nSPS) is 13.3. The molecule has 0 aliphatic carbocycles. The second kappa shape index (κ2) is 14.8. The smallest absolute Gasteiger partial charge is 0.303 e. The van der Waals surface area contributed by atoms with Gasteiger partial charge in [0.25, 0.3) is 0 Å². The Balaban J connectivity index is 0.000000861. The molecule has 31 heavy (non-hydrogen) atoms. The number of hydrogen-bond acceptors (Lipinski definition) is 7. The van der Waals surface area contributed by atoms with Crippen LogP contribution in [0.5, 0.6) is 0 Å². The van der Waals surface area contributed by atoms with Gasteiger partial charge in [0, 0.05) is 12.0 Å².